The van der Waals surface area contributed by atoms with E-state index in [-0.39, 0.29) is 33.3 Å². The number of fused-ring (bicyclic) bond motifs is 6. The van der Waals surface area contributed by atoms with E-state index in [4.69, 9.17) is 18.6 Å². The van der Waals surface area contributed by atoms with Crippen LogP contribution in [-0.2, 0) is 18.6 Å². The molecule has 0 aromatic heterocycles. The summed E-state index contributed by atoms with van der Waals surface area (Å²) < 4.78 is 27.0. The minimum atomic E-state index is -1.81. The molecule has 0 aromatic rings. The van der Waals surface area contributed by atoms with Crippen LogP contribution in [0.4, 0.5) is 0 Å². The van der Waals surface area contributed by atoms with Gasteiger partial charge in [-0.2, -0.15) is 0 Å². The van der Waals surface area contributed by atoms with Gasteiger partial charge >= 0.3 is 0 Å². The highest BCUT2D eigenvalue weighted by Crippen LogP contribution is 2.77. The first-order valence-electron chi connectivity index (χ1n) is 16.4. The Balaban J connectivity index is 1.12. The predicted octanol–water partition coefficient (Wildman–Crippen LogP) is 7.27. The predicted molar refractivity (Wildman–Crippen MR) is 154 cm³/mol. The molecule has 0 radical (unpaired) electrons. The van der Waals surface area contributed by atoms with Gasteiger partial charge in [-0.3, -0.25) is 0 Å². The van der Waals surface area contributed by atoms with Crippen molar-refractivity contribution in [3.8, 4) is 0 Å². The van der Waals surface area contributed by atoms with Gasteiger partial charge in [0, 0.05) is 42.6 Å². The molecule has 6 heteroatoms. The number of ether oxygens (including phenoxy) is 3. The van der Waals surface area contributed by atoms with E-state index in [9.17, 15) is 5.11 Å². The Bertz CT molecular complexity index is 1020. The van der Waals surface area contributed by atoms with Crippen LogP contribution in [0.2, 0.25) is 18.1 Å². The summed E-state index contributed by atoms with van der Waals surface area (Å²) in [6.45, 7) is 22.3. The van der Waals surface area contributed by atoms with Gasteiger partial charge in [0.2, 0.25) is 0 Å². The maximum Gasteiger partial charge on any atom is 0.192 e. The molecule has 2 spiro atoms. The van der Waals surface area contributed by atoms with E-state index >= 15 is 0 Å². The highest BCUT2D eigenvalue weighted by atomic mass is 28.4. The van der Waals surface area contributed by atoms with E-state index in [0.717, 1.165) is 45.1 Å². The molecule has 3 aliphatic heterocycles. The largest absolute Gasteiger partial charge is 0.414 e. The molecule has 3 heterocycles. The Morgan fingerprint density at radius 2 is 1.69 bits per heavy atom. The average molecular weight is 561 g/mol. The summed E-state index contributed by atoms with van der Waals surface area (Å²) in [7, 11) is -1.81. The first-order valence-corrected chi connectivity index (χ1v) is 19.3. The Morgan fingerprint density at radius 3 is 2.36 bits per heavy atom. The molecule has 4 aliphatic carbocycles. The molecular formula is C33H56O5Si. The molecule has 222 valence electrons. The fourth-order valence-corrected chi connectivity index (χ4v) is 12.8. The van der Waals surface area contributed by atoms with Gasteiger partial charge < -0.3 is 23.7 Å². The van der Waals surface area contributed by atoms with E-state index in [1.165, 1.54) is 19.3 Å². The molecule has 39 heavy (non-hydrogen) atoms. The van der Waals surface area contributed by atoms with Gasteiger partial charge in [0.15, 0.2) is 19.9 Å². The second-order valence-corrected chi connectivity index (χ2v) is 22.3. The number of rotatable bonds is 2. The minimum Gasteiger partial charge on any atom is -0.414 e. The number of aliphatic hydroxyl groups is 1. The van der Waals surface area contributed by atoms with Gasteiger partial charge in [-0.25, -0.2) is 0 Å². The normalized spacial score (nSPS) is 58.3. The Labute approximate surface area is 238 Å². The van der Waals surface area contributed by atoms with Crippen LogP contribution in [0.15, 0.2) is 0 Å². The van der Waals surface area contributed by atoms with Crippen molar-refractivity contribution in [1.82, 2.24) is 0 Å². The first-order chi connectivity index (χ1) is 18.0. The summed E-state index contributed by atoms with van der Waals surface area (Å²) in [5.41, 5.74) is 0.323. The average Bonchev–Trinajstić information content (AvgIpc) is 3.40. The topological polar surface area (TPSA) is 60.5 Å². The van der Waals surface area contributed by atoms with E-state index < -0.39 is 19.9 Å². The molecule has 0 aromatic carbocycles. The third-order valence-corrected chi connectivity index (χ3v) is 19.1. The molecule has 7 rings (SSSR count). The van der Waals surface area contributed by atoms with Crippen molar-refractivity contribution in [2.75, 3.05) is 6.61 Å². The number of epoxide rings is 1. The molecule has 1 N–H and O–H groups in total. The zero-order valence-corrected chi connectivity index (χ0v) is 27.3. The molecule has 7 fully saturated rings. The van der Waals surface area contributed by atoms with Gasteiger partial charge in [0.25, 0.3) is 0 Å². The van der Waals surface area contributed by atoms with Crippen molar-refractivity contribution in [2.45, 2.75) is 154 Å². The van der Waals surface area contributed by atoms with Crippen LogP contribution in [0.3, 0.4) is 0 Å². The fraction of sp³-hybridized carbons (Fsp3) is 1.00. The third-order valence-electron chi connectivity index (χ3n) is 14.6. The van der Waals surface area contributed by atoms with Crippen LogP contribution in [0.25, 0.3) is 0 Å². The summed E-state index contributed by atoms with van der Waals surface area (Å²) >= 11 is 0. The molecule has 7 aliphatic rings. The van der Waals surface area contributed by atoms with Gasteiger partial charge in [0.05, 0.1) is 12.7 Å². The quantitative estimate of drug-likeness (QED) is 0.284. The Kier molecular flexibility index (Phi) is 5.81. The lowest BCUT2D eigenvalue weighted by atomic mass is 9.44. The van der Waals surface area contributed by atoms with E-state index in [0.29, 0.717) is 35.9 Å². The van der Waals surface area contributed by atoms with Gasteiger partial charge in [-0.15, -0.1) is 0 Å². The van der Waals surface area contributed by atoms with Crippen LogP contribution in [0.5, 0.6) is 0 Å². The zero-order chi connectivity index (χ0) is 28.0. The molecular weight excluding hydrogens is 504 g/mol. The van der Waals surface area contributed by atoms with Crippen molar-refractivity contribution in [2.24, 2.45) is 46.3 Å². The van der Waals surface area contributed by atoms with E-state index in [2.05, 4.69) is 61.6 Å². The number of hydrogen-bond acceptors (Lipinski definition) is 5. The number of hydrogen-bond donors (Lipinski definition) is 1. The molecule has 2 unspecified atom stereocenters. The van der Waals surface area contributed by atoms with Gasteiger partial charge in [-0.05, 0) is 85.7 Å². The SMILES string of the molecule is C[C@@H]1CC[C@@]2(OC1)O[C@@]1(O)C[C@H]3[C@@H]4CC5OC56C[C@@H](O[Si](C)(C)C(C)(C)C)CC[C@]6(C)[C@H]4CC[C@]3(C)[C@H]1[C@@H]2C. The van der Waals surface area contributed by atoms with Crippen LogP contribution in [0.1, 0.15) is 106 Å². The van der Waals surface area contributed by atoms with Crippen molar-refractivity contribution in [3.05, 3.63) is 0 Å². The monoisotopic (exact) mass is 560 g/mol. The molecule has 13 atom stereocenters. The second-order valence-electron chi connectivity index (χ2n) is 17.5. The lowest BCUT2D eigenvalue weighted by molar-refractivity contribution is -0.331. The van der Waals surface area contributed by atoms with Gasteiger partial charge in [0.1, 0.15) is 5.60 Å². The maximum atomic E-state index is 12.2. The molecule has 5 nitrogen and oxygen atoms in total. The van der Waals surface area contributed by atoms with Crippen molar-refractivity contribution >= 4 is 8.32 Å². The summed E-state index contributed by atoms with van der Waals surface area (Å²) in [5.74, 6) is 1.08. The molecule has 4 saturated carbocycles. The maximum absolute atomic E-state index is 12.2. The van der Waals surface area contributed by atoms with Crippen LogP contribution in [0, 0.1) is 46.3 Å². The molecule has 3 saturated heterocycles. The summed E-state index contributed by atoms with van der Waals surface area (Å²) in [6, 6.07) is 0. The zero-order valence-electron chi connectivity index (χ0n) is 26.3. The third kappa shape index (κ3) is 3.54. The minimum absolute atomic E-state index is 0.0129. The molecule has 0 amide bonds. The van der Waals surface area contributed by atoms with Gasteiger partial charge in [-0.1, -0.05) is 48.5 Å². The van der Waals surface area contributed by atoms with Crippen LogP contribution in [-0.4, -0.2) is 49.4 Å². The van der Waals surface area contributed by atoms with Crippen LogP contribution >= 0.6 is 0 Å². The summed E-state index contributed by atoms with van der Waals surface area (Å²) in [5, 5.41) is 12.4. The highest BCUT2D eigenvalue weighted by molar-refractivity contribution is 6.74. The smallest absolute Gasteiger partial charge is 0.192 e. The van der Waals surface area contributed by atoms with Crippen LogP contribution < -0.4 is 0 Å². The van der Waals surface area contributed by atoms with Crippen molar-refractivity contribution in [3.63, 3.8) is 0 Å². The molecule has 0 bridgehead atoms. The van der Waals surface area contributed by atoms with Crippen molar-refractivity contribution < 1.29 is 23.7 Å². The van der Waals surface area contributed by atoms with E-state index in [1.807, 2.05) is 0 Å². The lowest BCUT2D eigenvalue weighted by Crippen LogP contribution is -2.60. The van der Waals surface area contributed by atoms with E-state index in [1.54, 1.807) is 0 Å². The Hall–Kier alpha value is 0.0169. The fourth-order valence-electron chi connectivity index (χ4n) is 11.4. The summed E-state index contributed by atoms with van der Waals surface area (Å²) in [6.07, 6.45) is 10.6. The highest BCUT2D eigenvalue weighted by Gasteiger charge is 2.79. The second kappa shape index (κ2) is 8.14. The van der Waals surface area contributed by atoms with Crippen molar-refractivity contribution in [1.29, 1.82) is 0 Å². The summed E-state index contributed by atoms with van der Waals surface area (Å²) in [4.78, 5) is 0. The lowest BCUT2D eigenvalue weighted by Gasteiger charge is -2.60. The Morgan fingerprint density at radius 1 is 0.949 bits per heavy atom. The standard InChI is InChI=1S/C33H56O5Si/c1-20-10-15-33(35-19-20)21(2)27-29(6)13-12-24-23(25(29)18-32(27,34)38-33)16-26-31(36-26)17-22(11-14-30(24,31)7)37-39(8,9)28(3,4)5/h20-27,34H,10-19H2,1-9H3/t20-,21+,22+,23-,24+,25+,26?,27-,29+,30-,31?,32+,33-/m1/s1. The first kappa shape index (κ1) is 27.8.